The topological polar surface area (TPSA) is 53.3 Å². The van der Waals surface area contributed by atoms with Gasteiger partial charge in [-0.1, -0.05) is 12.1 Å². The molecule has 3 rings (SSSR count). The number of hydrogen-bond acceptors (Lipinski definition) is 3. The Morgan fingerprint density at radius 3 is 2.14 bits per heavy atom. The predicted octanol–water partition coefficient (Wildman–Crippen LogP) is 1.70. The predicted molar refractivity (Wildman–Crippen MR) is 82.6 cm³/mol. The Kier molecular flexibility index (Phi) is 3.87. The van der Waals surface area contributed by atoms with Crippen LogP contribution in [0.25, 0.3) is 0 Å². The number of carbonyl (C=O) groups excluding carboxylic acids is 2. The molecule has 2 amide bonds. The van der Waals surface area contributed by atoms with Gasteiger partial charge in [-0.3, -0.25) is 14.5 Å². The van der Waals surface area contributed by atoms with Crippen LogP contribution < -0.4 is 9.88 Å². The molecule has 5 nitrogen and oxygen atoms in total. The van der Waals surface area contributed by atoms with Gasteiger partial charge in [0.1, 0.15) is 0 Å². The van der Waals surface area contributed by atoms with Crippen molar-refractivity contribution in [2.75, 3.05) is 18.4 Å². The lowest BCUT2D eigenvalue weighted by Gasteiger charge is -2.11. The van der Waals surface area contributed by atoms with Crippen molar-refractivity contribution in [3.05, 3.63) is 59.9 Å². The summed E-state index contributed by atoms with van der Waals surface area (Å²) in [4.78, 5) is 25.8. The molecule has 0 radical (unpaired) electrons. The van der Waals surface area contributed by atoms with Gasteiger partial charge in [-0.15, -0.1) is 0 Å². The molecule has 2 aromatic rings. The molecule has 0 bridgehead atoms. The van der Waals surface area contributed by atoms with E-state index in [1.807, 2.05) is 36.0 Å². The summed E-state index contributed by atoms with van der Waals surface area (Å²) in [6.45, 7) is 3.87. The molecule has 1 aromatic heterocycles. The van der Waals surface area contributed by atoms with Crippen LogP contribution in [0.15, 0.2) is 48.8 Å². The zero-order valence-corrected chi connectivity index (χ0v) is 12.5. The quantitative estimate of drug-likeness (QED) is 0.675. The van der Waals surface area contributed by atoms with Crippen molar-refractivity contribution in [1.29, 1.82) is 0 Å². The van der Waals surface area contributed by atoms with Crippen LogP contribution in [0.1, 0.15) is 27.6 Å². The fourth-order valence-electron chi connectivity index (χ4n) is 2.59. The molecule has 22 heavy (non-hydrogen) atoms. The van der Waals surface area contributed by atoms with Crippen LogP contribution in [0.5, 0.6) is 0 Å². The van der Waals surface area contributed by atoms with E-state index in [0.717, 1.165) is 12.2 Å². The van der Waals surface area contributed by atoms with Gasteiger partial charge in [-0.2, -0.15) is 0 Å². The van der Waals surface area contributed by atoms with Gasteiger partial charge in [-0.05, 0) is 19.1 Å². The Balaban J connectivity index is 1.67. The maximum Gasteiger partial charge on any atom is 0.261 e. The lowest BCUT2D eigenvalue weighted by molar-refractivity contribution is -0.695. The monoisotopic (exact) mass is 296 g/mol. The second-order valence-electron chi connectivity index (χ2n) is 5.16. The van der Waals surface area contributed by atoms with Gasteiger partial charge < -0.3 is 5.32 Å². The van der Waals surface area contributed by atoms with Gasteiger partial charge in [0.2, 0.25) is 0 Å². The van der Waals surface area contributed by atoms with Gasteiger partial charge in [0.05, 0.1) is 17.7 Å². The number of pyridine rings is 1. The third kappa shape index (κ3) is 2.57. The second kappa shape index (κ2) is 5.97. The number of benzene rings is 1. The molecule has 2 heterocycles. The first-order valence-corrected chi connectivity index (χ1v) is 7.39. The van der Waals surface area contributed by atoms with E-state index >= 15 is 0 Å². The summed E-state index contributed by atoms with van der Waals surface area (Å²) in [6, 6.07) is 10.9. The van der Waals surface area contributed by atoms with Gasteiger partial charge in [0, 0.05) is 24.4 Å². The van der Waals surface area contributed by atoms with E-state index in [0.29, 0.717) is 24.2 Å². The number of hydrogen-bond donors (Lipinski definition) is 1. The molecular weight excluding hydrogens is 278 g/mol. The van der Waals surface area contributed by atoms with E-state index in [-0.39, 0.29) is 11.8 Å². The molecule has 0 saturated heterocycles. The molecule has 1 aliphatic heterocycles. The van der Waals surface area contributed by atoms with Crippen LogP contribution in [-0.2, 0) is 6.54 Å². The highest BCUT2D eigenvalue weighted by Crippen LogP contribution is 2.21. The summed E-state index contributed by atoms with van der Waals surface area (Å²) >= 11 is 0. The Labute approximate surface area is 129 Å². The summed E-state index contributed by atoms with van der Waals surface area (Å²) in [5, 5.41) is 3.23. The Bertz CT molecular complexity index is 675. The van der Waals surface area contributed by atoms with Crippen LogP contribution in [-0.4, -0.2) is 29.8 Å². The molecule has 0 spiro atoms. The highest BCUT2D eigenvalue weighted by molar-refractivity contribution is 6.21. The van der Waals surface area contributed by atoms with Gasteiger partial charge in [-0.25, -0.2) is 4.57 Å². The Morgan fingerprint density at radius 1 is 1.00 bits per heavy atom. The lowest BCUT2D eigenvalue weighted by Crippen LogP contribution is -2.42. The zero-order valence-electron chi connectivity index (χ0n) is 12.5. The number of rotatable bonds is 5. The molecule has 0 aliphatic carbocycles. The summed E-state index contributed by atoms with van der Waals surface area (Å²) in [5.74, 6) is -0.407. The molecule has 5 heteroatoms. The first kappa shape index (κ1) is 14.3. The van der Waals surface area contributed by atoms with Crippen molar-refractivity contribution in [3.63, 3.8) is 0 Å². The van der Waals surface area contributed by atoms with Crippen molar-refractivity contribution in [2.45, 2.75) is 13.5 Å². The van der Waals surface area contributed by atoms with Crippen LogP contribution in [0, 0.1) is 0 Å². The third-order valence-electron chi connectivity index (χ3n) is 3.73. The number of imide groups is 1. The smallest absolute Gasteiger partial charge is 0.261 e. The number of carbonyl (C=O) groups is 2. The molecular formula is C17H18N3O2+. The van der Waals surface area contributed by atoms with Gasteiger partial charge in [0.25, 0.3) is 11.8 Å². The summed E-state index contributed by atoms with van der Waals surface area (Å²) in [5.41, 5.74) is 2.06. The largest absolute Gasteiger partial charge is 0.385 e. The SMILES string of the molecule is CCNc1cc[n+](CCN2C(=O)c3ccccc3C2=O)cc1. The number of fused-ring (bicyclic) bond motifs is 1. The van der Waals surface area contributed by atoms with Crippen molar-refractivity contribution in [3.8, 4) is 0 Å². The maximum absolute atomic E-state index is 12.3. The van der Waals surface area contributed by atoms with Crippen LogP contribution in [0.4, 0.5) is 5.69 Å². The first-order valence-electron chi connectivity index (χ1n) is 7.39. The number of amides is 2. The van der Waals surface area contributed by atoms with Crippen molar-refractivity contribution < 1.29 is 14.2 Å². The summed E-state index contributed by atoms with van der Waals surface area (Å²) in [6.07, 6.45) is 3.88. The van der Waals surface area contributed by atoms with E-state index < -0.39 is 0 Å². The second-order valence-corrected chi connectivity index (χ2v) is 5.16. The van der Waals surface area contributed by atoms with Gasteiger partial charge >= 0.3 is 0 Å². The molecule has 112 valence electrons. The molecule has 0 unspecified atom stereocenters. The third-order valence-corrected chi connectivity index (χ3v) is 3.73. The summed E-state index contributed by atoms with van der Waals surface area (Å²) in [7, 11) is 0. The summed E-state index contributed by atoms with van der Waals surface area (Å²) < 4.78 is 1.96. The average Bonchev–Trinajstić information content (AvgIpc) is 2.79. The number of aromatic nitrogens is 1. The van der Waals surface area contributed by atoms with Crippen LogP contribution >= 0.6 is 0 Å². The van der Waals surface area contributed by atoms with Crippen LogP contribution in [0.2, 0.25) is 0 Å². The Morgan fingerprint density at radius 2 is 1.59 bits per heavy atom. The van der Waals surface area contributed by atoms with E-state index in [1.54, 1.807) is 24.3 Å². The first-order chi connectivity index (χ1) is 10.7. The lowest BCUT2D eigenvalue weighted by atomic mass is 10.1. The highest BCUT2D eigenvalue weighted by Gasteiger charge is 2.35. The van der Waals surface area contributed by atoms with Crippen molar-refractivity contribution in [2.24, 2.45) is 0 Å². The molecule has 0 atom stereocenters. The zero-order chi connectivity index (χ0) is 15.5. The highest BCUT2D eigenvalue weighted by atomic mass is 16.2. The number of nitrogens with zero attached hydrogens (tertiary/aromatic N) is 2. The Hall–Kier alpha value is -2.69. The maximum atomic E-state index is 12.3. The molecule has 1 N–H and O–H groups in total. The number of nitrogens with one attached hydrogen (secondary N) is 1. The van der Waals surface area contributed by atoms with E-state index in [4.69, 9.17) is 0 Å². The average molecular weight is 296 g/mol. The van der Waals surface area contributed by atoms with Crippen molar-refractivity contribution in [1.82, 2.24) is 4.90 Å². The molecule has 0 fully saturated rings. The number of anilines is 1. The minimum Gasteiger partial charge on any atom is -0.385 e. The molecule has 0 saturated carbocycles. The van der Waals surface area contributed by atoms with E-state index in [1.165, 1.54) is 4.90 Å². The minimum atomic E-state index is -0.203. The molecule has 1 aliphatic rings. The fourth-order valence-corrected chi connectivity index (χ4v) is 2.59. The van der Waals surface area contributed by atoms with Crippen LogP contribution in [0.3, 0.4) is 0 Å². The standard InChI is InChI=1S/C17H17N3O2/c1-2-18-13-7-9-19(10-8-13)11-12-20-16(21)14-5-3-4-6-15(14)17(20)22/h3-10H,2,11-12H2,1H3/p+1. The van der Waals surface area contributed by atoms with Crippen molar-refractivity contribution >= 4 is 17.5 Å². The van der Waals surface area contributed by atoms with E-state index in [2.05, 4.69) is 5.32 Å². The van der Waals surface area contributed by atoms with Gasteiger partial charge in [0.15, 0.2) is 18.9 Å². The van der Waals surface area contributed by atoms with E-state index in [9.17, 15) is 9.59 Å². The molecule has 1 aromatic carbocycles. The fraction of sp³-hybridized carbons (Fsp3) is 0.235. The normalized spacial score (nSPS) is 13.4. The minimum absolute atomic E-state index is 0.203.